The molecule has 0 aliphatic heterocycles. The number of aryl methyl sites for hydroxylation is 1. The molecule has 0 saturated carbocycles. The van der Waals surface area contributed by atoms with E-state index in [0.29, 0.717) is 0 Å². The molecule has 0 amide bonds. The smallest absolute Gasteiger partial charge is 0.0163 e. The molecule has 1 aliphatic carbocycles. The van der Waals surface area contributed by atoms with Gasteiger partial charge in [-0.3, -0.25) is 0 Å². The van der Waals surface area contributed by atoms with Gasteiger partial charge in [-0.25, -0.2) is 0 Å². The number of hydrogen-bond acceptors (Lipinski definition) is 0. The van der Waals surface area contributed by atoms with Crippen molar-refractivity contribution in [3.63, 3.8) is 0 Å². The van der Waals surface area contributed by atoms with Crippen LogP contribution in [0.5, 0.6) is 0 Å². The minimum Gasteiger partial charge on any atom is -0.0798 e. The molecule has 0 saturated heterocycles. The molecule has 0 atom stereocenters. The monoisotopic (exact) mass is 172 g/mol. The summed E-state index contributed by atoms with van der Waals surface area (Å²) < 4.78 is 0. The molecule has 0 aromatic heterocycles. The fourth-order valence-corrected chi connectivity index (χ4v) is 2.26. The Hall–Kier alpha value is -1.04. The minimum atomic E-state index is 1.21. The third-order valence-corrected chi connectivity index (χ3v) is 2.97. The summed E-state index contributed by atoms with van der Waals surface area (Å²) in [6.07, 6.45) is 5.95. The third kappa shape index (κ3) is 1.31. The second-order valence-electron chi connectivity index (χ2n) is 3.63. The van der Waals surface area contributed by atoms with Crippen molar-refractivity contribution >= 4 is 11.6 Å². The molecule has 0 bridgehead atoms. The summed E-state index contributed by atoms with van der Waals surface area (Å²) in [5.74, 6) is 0. The van der Waals surface area contributed by atoms with Gasteiger partial charge in [0.05, 0.1) is 0 Å². The maximum Gasteiger partial charge on any atom is -0.0163 e. The lowest BCUT2D eigenvalue weighted by Gasteiger charge is -1.95. The van der Waals surface area contributed by atoms with Crippen LogP contribution in [0, 0.1) is 0 Å². The van der Waals surface area contributed by atoms with Gasteiger partial charge in [0.15, 0.2) is 0 Å². The fraction of sp³-hybridized carbons (Fsp3) is 0.385. The standard InChI is InChI=1S/C13H16/c1-3-10-6-5-7-12-9-8-11(4-2)13(10)12/h3,5-7H,4,8-9H2,1-2H3/b10-3-. The summed E-state index contributed by atoms with van der Waals surface area (Å²) in [5, 5.41) is 2.97. The normalized spacial score (nSPS) is 16.5. The Morgan fingerprint density at radius 3 is 2.85 bits per heavy atom. The molecular formula is C13H16. The summed E-state index contributed by atoms with van der Waals surface area (Å²) >= 11 is 0. The van der Waals surface area contributed by atoms with Gasteiger partial charge in [0.1, 0.15) is 0 Å². The first kappa shape index (κ1) is 8.55. The van der Waals surface area contributed by atoms with Crippen molar-refractivity contribution in [3.05, 3.63) is 34.2 Å². The number of fused-ring (bicyclic) bond motifs is 1. The van der Waals surface area contributed by atoms with Gasteiger partial charge < -0.3 is 0 Å². The lowest BCUT2D eigenvalue weighted by molar-refractivity contribution is 1.02. The van der Waals surface area contributed by atoms with Crippen molar-refractivity contribution in [1.29, 1.82) is 0 Å². The van der Waals surface area contributed by atoms with Crippen molar-refractivity contribution in [2.45, 2.75) is 33.1 Å². The summed E-state index contributed by atoms with van der Waals surface area (Å²) in [6.45, 7) is 4.39. The Morgan fingerprint density at radius 1 is 1.31 bits per heavy atom. The van der Waals surface area contributed by atoms with Crippen molar-refractivity contribution in [2.24, 2.45) is 0 Å². The molecule has 1 aromatic rings. The predicted octanol–water partition coefficient (Wildman–Crippen LogP) is 1.99. The van der Waals surface area contributed by atoms with Crippen LogP contribution in [0.4, 0.5) is 0 Å². The van der Waals surface area contributed by atoms with Crippen LogP contribution in [0.3, 0.4) is 0 Å². The fourth-order valence-electron chi connectivity index (χ4n) is 2.26. The summed E-state index contributed by atoms with van der Waals surface area (Å²) in [6, 6.07) is 6.66. The first-order chi connectivity index (χ1) is 6.36. The second kappa shape index (κ2) is 3.37. The van der Waals surface area contributed by atoms with Gasteiger partial charge in [-0.2, -0.15) is 0 Å². The van der Waals surface area contributed by atoms with Crippen molar-refractivity contribution in [1.82, 2.24) is 0 Å². The quantitative estimate of drug-likeness (QED) is 0.608. The highest BCUT2D eigenvalue weighted by atomic mass is 14.1. The van der Waals surface area contributed by atoms with Gasteiger partial charge in [0.2, 0.25) is 0 Å². The van der Waals surface area contributed by atoms with E-state index in [1.54, 1.807) is 16.4 Å². The molecule has 1 aromatic carbocycles. The van der Waals surface area contributed by atoms with Crippen LogP contribution in [0.2, 0.25) is 0 Å². The van der Waals surface area contributed by atoms with Crippen molar-refractivity contribution in [2.75, 3.05) is 0 Å². The lowest BCUT2D eigenvalue weighted by atomic mass is 10.1. The first-order valence-corrected chi connectivity index (χ1v) is 5.13. The topological polar surface area (TPSA) is 0 Å². The Kier molecular flexibility index (Phi) is 2.22. The molecule has 0 radical (unpaired) electrons. The maximum atomic E-state index is 2.27. The second-order valence-corrected chi connectivity index (χ2v) is 3.63. The van der Waals surface area contributed by atoms with E-state index < -0.39 is 0 Å². The molecule has 0 heterocycles. The van der Waals surface area contributed by atoms with Gasteiger partial charge in [-0.15, -0.1) is 0 Å². The Morgan fingerprint density at radius 2 is 2.15 bits per heavy atom. The van der Waals surface area contributed by atoms with Crippen LogP contribution in [0.15, 0.2) is 18.2 Å². The number of rotatable bonds is 1. The molecule has 2 rings (SSSR count). The average Bonchev–Trinajstić information content (AvgIpc) is 2.60. The van der Waals surface area contributed by atoms with Gasteiger partial charge in [-0.1, -0.05) is 36.8 Å². The zero-order chi connectivity index (χ0) is 9.26. The van der Waals surface area contributed by atoms with E-state index in [1.807, 2.05) is 0 Å². The molecule has 13 heavy (non-hydrogen) atoms. The maximum absolute atomic E-state index is 2.27. The SMILES string of the molecule is C/C=c1/cccc2c1=C(CC)CC2. The lowest BCUT2D eigenvalue weighted by Crippen LogP contribution is -2.26. The van der Waals surface area contributed by atoms with Gasteiger partial charge in [0.25, 0.3) is 0 Å². The zero-order valence-corrected chi connectivity index (χ0v) is 8.43. The summed E-state index contributed by atoms with van der Waals surface area (Å²) in [7, 11) is 0. The van der Waals surface area contributed by atoms with Gasteiger partial charge >= 0.3 is 0 Å². The van der Waals surface area contributed by atoms with Gasteiger partial charge in [-0.05, 0) is 42.2 Å². The first-order valence-electron chi connectivity index (χ1n) is 5.13. The summed E-state index contributed by atoms with van der Waals surface area (Å²) in [4.78, 5) is 0. The predicted molar refractivity (Wildman–Crippen MR) is 57.9 cm³/mol. The van der Waals surface area contributed by atoms with Crippen LogP contribution in [-0.4, -0.2) is 0 Å². The Bertz CT molecular complexity index is 424. The Labute approximate surface area is 79.6 Å². The van der Waals surface area contributed by atoms with Crippen LogP contribution in [0.25, 0.3) is 11.6 Å². The van der Waals surface area contributed by atoms with Crippen molar-refractivity contribution in [3.8, 4) is 0 Å². The molecule has 1 aliphatic rings. The van der Waals surface area contributed by atoms with Crippen LogP contribution in [-0.2, 0) is 6.42 Å². The molecule has 0 N–H and O–H groups in total. The largest absolute Gasteiger partial charge is 0.0798 e. The zero-order valence-electron chi connectivity index (χ0n) is 8.43. The Balaban J connectivity index is 2.85. The van der Waals surface area contributed by atoms with E-state index >= 15 is 0 Å². The van der Waals surface area contributed by atoms with Crippen LogP contribution < -0.4 is 10.4 Å². The van der Waals surface area contributed by atoms with E-state index in [4.69, 9.17) is 0 Å². The molecule has 0 heteroatoms. The highest BCUT2D eigenvalue weighted by Gasteiger charge is 2.09. The van der Waals surface area contributed by atoms with E-state index in [9.17, 15) is 0 Å². The molecule has 0 spiro atoms. The third-order valence-electron chi connectivity index (χ3n) is 2.97. The van der Waals surface area contributed by atoms with Crippen LogP contribution >= 0.6 is 0 Å². The van der Waals surface area contributed by atoms with E-state index in [-0.39, 0.29) is 0 Å². The average molecular weight is 172 g/mol. The van der Waals surface area contributed by atoms with Crippen LogP contribution in [0.1, 0.15) is 32.3 Å². The minimum absolute atomic E-state index is 1.21. The number of hydrogen-bond donors (Lipinski definition) is 0. The van der Waals surface area contributed by atoms with Crippen molar-refractivity contribution < 1.29 is 0 Å². The highest BCUT2D eigenvalue weighted by Crippen LogP contribution is 2.15. The highest BCUT2D eigenvalue weighted by molar-refractivity contribution is 5.53. The summed E-state index contributed by atoms with van der Waals surface area (Å²) in [5.41, 5.74) is 3.19. The van der Waals surface area contributed by atoms with E-state index in [0.717, 1.165) is 0 Å². The molecule has 0 nitrogen and oxygen atoms in total. The van der Waals surface area contributed by atoms with Gasteiger partial charge in [0, 0.05) is 0 Å². The molecule has 0 unspecified atom stereocenters. The molecular weight excluding hydrogens is 156 g/mol. The number of benzene rings is 1. The molecule has 0 fully saturated rings. The van der Waals surface area contributed by atoms with E-state index in [2.05, 4.69) is 38.1 Å². The van der Waals surface area contributed by atoms with E-state index in [1.165, 1.54) is 24.5 Å². The molecule has 68 valence electrons.